The van der Waals surface area contributed by atoms with Crippen LogP contribution in [-0.4, -0.2) is 23.0 Å². The van der Waals surface area contributed by atoms with E-state index in [4.69, 9.17) is 5.11 Å². The Bertz CT molecular complexity index is 100. The van der Waals surface area contributed by atoms with Gasteiger partial charge in [0, 0.05) is 11.6 Å². The summed E-state index contributed by atoms with van der Waals surface area (Å²) in [6, 6.07) is -0.431. The Hall–Kier alpha value is -0.220. The minimum absolute atomic E-state index is 0.431. The van der Waals surface area contributed by atoms with E-state index in [9.17, 15) is 4.79 Å². The summed E-state index contributed by atoms with van der Waals surface area (Å²) in [4.78, 5) is 10.1. The van der Waals surface area contributed by atoms with E-state index in [1.54, 1.807) is 5.75 Å². The van der Waals surface area contributed by atoms with Crippen LogP contribution >= 0.6 is 11.8 Å². The number of carboxylic acids is 1. The van der Waals surface area contributed by atoms with E-state index in [1.165, 1.54) is 11.8 Å². The van der Waals surface area contributed by atoms with Crippen molar-refractivity contribution in [2.45, 2.75) is 6.04 Å². The molecule has 45 valence electrons. The van der Waals surface area contributed by atoms with E-state index in [0.29, 0.717) is 0 Å². The van der Waals surface area contributed by atoms with Crippen LogP contribution in [-0.2, 0) is 4.79 Å². The van der Waals surface area contributed by atoms with Crippen molar-refractivity contribution < 1.29 is 9.90 Å². The van der Waals surface area contributed by atoms with Gasteiger partial charge in [0.2, 0.25) is 0 Å². The summed E-state index contributed by atoms with van der Waals surface area (Å²) in [6.45, 7) is 0. The first kappa shape index (κ1) is 5.91. The van der Waals surface area contributed by atoms with Crippen molar-refractivity contribution in [1.82, 2.24) is 5.32 Å². The zero-order valence-electron chi connectivity index (χ0n) is 4.13. The van der Waals surface area contributed by atoms with Crippen LogP contribution in [0.3, 0.4) is 0 Å². The molecule has 4 heteroatoms. The monoisotopic (exact) mass is 132 g/mol. The van der Waals surface area contributed by atoms with Gasteiger partial charge < -0.3 is 5.11 Å². The predicted molar refractivity (Wildman–Crippen MR) is 31.3 cm³/mol. The van der Waals surface area contributed by atoms with Gasteiger partial charge in [0.15, 0.2) is 0 Å². The number of rotatable bonds is 1. The van der Waals surface area contributed by atoms with Crippen LogP contribution in [0.15, 0.2) is 0 Å². The van der Waals surface area contributed by atoms with E-state index >= 15 is 0 Å². The highest BCUT2D eigenvalue weighted by atomic mass is 32.2. The van der Waals surface area contributed by atoms with Crippen LogP contribution in [0.2, 0.25) is 0 Å². The van der Waals surface area contributed by atoms with Crippen molar-refractivity contribution in [3.05, 3.63) is 5.75 Å². The lowest BCUT2D eigenvalue weighted by Gasteiger charge is -1.97. The van der Waals surface area contributed by atoms with Crippen molar-refractivity contribution in [2.24, 2.45) is 0 Å². The van der Waals surface area contributed by atoms with Crippen LogP contribution in [0.4, 0.5) is 0 Å². The molecular weight excluding hydrogens is 126 g/mol. The highest BCUT2D eigenvalue weighted by Crippen LogP contribution is 2.14. The summed E-state index contributed by atoms with van der Waals surface area (Å²) < 4.78 is 0. The highest BCUT2D eigenvalue weighted by Gasteiger charge is 2.21. The Labute approximate surface area is 51.5 Å². The molecule has 2 N–H and O–H groups in total. The van der Waals surface area contributed by atoms with Gasteiger partial charge in [-0.15, -0.1) is 11.8 Å². The van der Waals surface area contributed by atoms with Gasteiger partial charge in [-0.05, 0) is 0 Å². The summed E-state index contributed by atoms with van der Waals surface area (Å²) >= 11 is 1.49. The molecule has 1 fully saturated rings. The molecule has 1 aliphatic heterocycles. The zero-order valence-corrected chi connectivity index (χ0v) is 4.94. The second kappa shape index (κ2) is 2.37. The molecule has 0 saturated carbocycles. The fraction of sp³-hybridized carbons (Fsp3) is 0.500. The van der Waals surface area contributed by atoms with Crippen molar-refractivity contribution in [3.8, 4) is 0 Å². The van der Waals surface area contributed by atoms with Gasteiger partial charge in [-0.2, -0.15) is 0 Å². The first-order valence-corrected chi connectivity index (χ1v) is 3.27. The third kappa shape index (κ3) is 1.14. The Morgan fingerprint density at radius 3 is 3.00 bits per heavy atom. The quantitative estimate of drug-likeness (QED) is 0.523. The number of hydrogen-bond donors (Lipinski definition) is 2. The van der Waals surface area contributed by atoms with Gasteiger partial charge in [0.1, 0.15) is 6.04 Å². The topological polar surface area (TPSA) is 49.3 Å². The molecule has 0 bridgehead atoms. The van der Waals surface area contributed by atoms with E-state index in [2.05, 4.69) is 5.32 Å². The van der Waals surface area contributed by atoms with Crippen molar-refractivity contribution in [2.75, 3.05) is 5.88 Å². The summed E-state index contributed by atoms with van der Waals surface area (Å²) in [7, 11) is 0. The van der Waals surface area contributed by atoms with E-state index in [1.807, 2.05) is 0 Å². The number of thioether (sulfide) groups is 1. The van der Waals surface area contributed by atoms with Crippen LogP contribution in [0.25, 0.3) is 0 Å². The summed E-state index contributed by atoms with van der Waals surface area (Å²) in [5.41, 5.74) is 0. The molecule has 1 rings (SSSR count). The summed E-state index contributed by atoms with van der Waals surface area (Å²) in [5.74, 6) is 1.61. The Morgan fingerprint density at radius 1 is 2.00 bits per heavy atom. The van der Waals surface area contributed by atoms with Crippen molar-refractivity contribution >= 4 is 17.7 Å². The Morgan fingerprint density at radius 2 is 2.75 bits per heavy atom. The average Bonchev–Trinajstić information content (AvgIpc) is 2.12. The zero-order chi connectivity index (χ0) is 5.98. The SMILES string of the molecule is O=C(O)C1[CH]SCN1. The lowest BCUT2D eigenvalue weighted by molar-refractivity contribution is -0.138. The maximum atomic E-state index is 10.1. The molecule has 0 aromatic carbocycles. The molecule has 0 aliphatic carbocycles. The largest absolute Gasteiger partial charge is 0.480 e. The normalized spacial score (nSPS) is 28.2. The van der Waals surface area contributed by atoms with Crippen LogP contribution < -0.4 is 5.32 Å². The third-order valence-corrected chi connectivity index (χ3v) is 1.68. The number of carboxylic acid groups (broad SMARTS) is 1. The smallest absolute Gasteiger partial charge is 0.321 e. The number of aliphatic carboxylic acids is 1. The molecule has 1 radical (unpaired) electrons. The first-order chi connectivity index (χ1) is 3.80. The molecule has 0 aromatic rings. The second-order valence-electron chi connectivity index (χ2n) is 1.47. The van der Waals surface area contributed by atoms with Crippen molar-refractivity contribution in [1.29, 1.82) is 0 Å². The van der Waals surface area contributed by atoms with Crippen molar-refractivity contribution in [3.63, 3.8) is 0 Å². The summed E-state index contributed by atoms with van der Waals surface area (Å²) in [5, 5.41) is 11.1. The minimum atomic E-state index is -0.796. The molecule has 0 spiro atoms. The first-order valence-electron chi connectivity index (χ1n) is 2.22. The Balaban J connectivity index is 2.35. The van der Waals surface area contributed by atoms with Crippen LogP contribution in [0, 0.1) is 5.75 Å². The molecule has 1 unspecified atom stereocenters. The van der Waals surface area contributed by atoms with Gasteiger partial charge in [-0.1, -0.05) is 0 Å². The van der Waals surface area contributed by atoms with Gasteiger partial charge in [-0.25, -0.2) is 0 Å². The maximum absolute atomic E-state index is 10.1. The molecular formula is C4H6NO2S. The average molecular weight is 132 g/mol. The van der Waals surface area contributed by atoms with E-state index in [-0.39, 0.29) is 0 Å². The number of hydrogen-bond acceptors (Lipinski definition) is 3. The molecule has 1 atom stereocenters. The fourth-order valence-corrected chi connectivity index (χ4v) is 1.25. The molecule has 1 aliphatic rings. The summed E-state index contributed by atoms with van der Waals surface area (Å²) in [6.07, 6.45) is 0. The highest BCUT2D eigenvalue weighted by molar-refractivity contribution is 8.01. The van der Waals surface area contributed by atoms with Gasteiger partial charge in [0.25, 0.3) is 0 Å². The van der Waals surface area contributed by atoms with Gasteiger partial charge in [0.05, 0.1) is 0 Å². The van der Waals surface area contributed by atoms with E-state index < -0.39 is 12.0 Å². The van der Waals surface area contributed by atoms with E-state index in [0.717, 1.165) is 5.88 Å². The van der Waals surface area contributed by atoms with Gasteiger partial charge in [-0.3, -0.25) is 10.1 Å². The standard InChI is InChI=1S/C4H6NO2S/c6-4(7)3-1-8-2-5-3/h1,3,5H,2H2,(H,6,7). The van der Waals surface area contributed by atoms with Gasteiger partial charge >= 0.3 is 5.97 Å². The minimum Gasteiger partial charge on any atom is -0.480 e. The number of nitrogens with one attached hydrogen (secondary N) is 1. The molecule has 3 nitrogen and oxygen atoms in total. The predicted octanol–water partition coefficient (Wildman–Crippen LogP) is -0.105. The lowest BCUT2D eigenvalue weighted by Crippen LogP contribution is -2.30. The third-order valence-electron chi connectivity index (χ3n) is 0.885. The fourth-order valence-electron chi connectivity index (χ4n) is 0.476. The lowest BCUT2D eigenvalue weighted by atomic mass is 10.4. The van der Waals surface area contributed by atoms with Crippen LogP contribution in [0.5, 0.6) is 0 Å². The second-order valence-corrected chi connectivity index (χ2v) is 2.36. The molecule has 1 saturated heterocycles. The molecule has 8 heavy (non-hydrogen) atoms. The Kier molecular flexibility index (Phi) is 1.75. The molecule has 0 amide bonds. The molecule has 0 aromatic heterocycles. The van der Waals surface area contributed by atoms with Crippen LogP contribution in [0.1, 0.15) is 0 Å². The molecule has 1 heterocycles. The number of carbonyl (C=O) groups is 1. The maximum Gasteiger partial charge on any atom is 0.321 e.